The number of anilines is 4. The average Bonchev–Trinajstić information content (AvgIpc) is 2.61. The molecule has 0 saturated carbocycles. The number of hydrogen-bond acceptors (Lipinski definition) is 5. The lowest BCUT2D eigenvalue weighted by atomic mass is 10.1. The molecule has 0 spiro atoms. The minimum Gasteiger partial charge on any atom is -0.340 e. The third kappa shape index (κ3) is 4.33. The standard InChI is InChI=1S/C19H14F3N5/c1-12-10-17(25-16-9-5-3-7-14(16)19(20,21)22)27-18(24-12)26-15-8-4-2-6-13(15)11-23/h2-10H,1H3,(H2,24,25,26,27). The molecular weight excluding hydrogens is 355 g/mol. The Kier molecular flexibility index (Phi) is 4.94. The van der Waals surface area contributed by atoms with Crippen molar-refractivity contribution in [2.45, 2.75) is 13.1 Å². The van der Waals surface area contributed by atoms with Gasteiger partial charge in [-0.05, 0) is 31.2 Å². The van der Waals surface area contributed by atoms with Gasteiger partial charge in [0.1, 0.15) is 11.9 Å². The lowest BCUT2D eigenvalue weighted by molar-refractivity contribution is -0.136. The van der Waals surface area contributed by atoms with Crippen molar-refractivity contribution in [2.75, 3.05) is 10.6 Å². The Balaban J connectivity index is 1.92. The Bertz CT molecular complexity index is 1010. The quantitative estimate of drug-likeness (QED) is 0.664. The minimum absolute atomic E-state index is 0.105. The normalized spacial score (nSPS) is 10.9. The van der Waals surface area contributed by atoms with Gasteiger partial charge in [-0.25, -0.2) is 4.98 Å². The largest absolute Gasteiger partial charge is 0.418 e. The van der Waals surface area contributed by atoms with Crippen molar-refractivity contribution in [3.63, 3.8) is 0 Å². The number of nitrogens with zero attached hydrogens (tertiary/aromatic N) is 3. The monoisotopic (exact) mass is 369 g/mol. The highest BCUT2D eigenvalue weighted by molar-refractivity contribution is 5.66. The van der Waals surface area contributed by atoms with Gasteiger partial charge in [-0.1, -0.05) is 24.3 Å². The summed E-state index contributed by atoms with van der Waals surface area (Å²) in [6.07, 6.45) is -4.49. The van der Waals surface area contributed by atoms with Gasteiger partial charge in [-0.15, -0.1) is 0 Å². The number of nitrogens with one attached hydrogen (secondary N) is 2. The molecule has 0 atom stereocenters. The van der Waals surface area contributed by atoms with Gasteiger partial charge in [0.25, 0.3) is 0 Å². The predicted molar refractivity (Wildman–Crippen MR) is 95.9 cm³/mol. The van der Waals surface area contributed by atoms with Gasteiger partial charge < -0.3 is 10.6 Å². The summed E-state index contributed by atoms with van der Waals surface area (Å²) in [5, 5.41) is 14.8. The summed E-state index contributed by atoms with van der Waals surface area (Å²) in [5.41, 5.74) is 0.567. The first kappa shape index (κ1) is 18.2. The first-order valence-corrected chi connectivity index (χ1v) is 7.92. The van der Waals surface area contributed by atoms with Crippen molar-refractivity contribution < 1.29 is 13.2 Å². The molecule has 136 valence electrons. The molecule has 0 amide bonds. The lowest BCUT2D eigenvalue weighted by Gasteiger charge is -2.15. The van der Waals surface area contributed by atoms with Gasteiger partial charge in [0, 0.05) is 11.8 Å². The number of para-hydroxylation sites is 2. The van der Waals surface area contributed by atoms with E-state index in [1.165, 1.54) is 24.3 Å². The Morgan fingerprint density at radius 3 is 2.30 bits per heavy atom. The average molecular weight is 369 g/mol. The highest BCUT2D eigenvalue weighted by atomic mass is 19.4. The van der Waals surface area contributed by atoms with Crippen LogP contribution in [0.1, 0.15) is 16.8 Å². The van der Waals surface area contributed by atoms with Gasteiger partial charge in [0.05, 0.1) is 22.5 Å². The van der Waals surface area contributed by atoms with Crippen LogP contribution < -0.4 is 10.6 Å². The van der Waals surface area contributed by atoms with Crippen LogP contribution >= 0.6 is 0 Å². The molecular formula is C19H14F3N5. The molecule has 5 nitrogen and oxygen atoms in total. The van der Waals surface area contributed by atoms with Crippen molar-refractivity contribution >= 4 is 23.1 Å². The molecule has 3 aromatic rings. The number of aryl methyl sites for hydroxylation is 1. The van der Waals surface area contributed by atoms with Gasteiger partial charge in [0.15, 0.2) is 0 Å². The van der Waals surface area contributed by atoms with Gasteiger partial charge in [-0.2, -0.15) is 23.4 Å². The van der Waals surface area contributed by atoms with Crippen LogP contribution in [0, 0.1) is 18.3 Å². The zero-order valence-electron chi connectivity index (χ0n) is 14.2. The molecule has 0 fully saturated rings. The fourth-order valence-corrected chi connectivity index (χ4v) is 2.48. The minimum atomic E-state index is -4.49. The summed E-state index contributed by atoms with van der Waals surface area (Å²) in [6.45, 7) is 1.70. The number of benzene rings is 2. The fourth-order valence-electron chi connectivity index (χ4n) is 2.48. The molecule has 1 aromatic heterocycles. The molecule has 27 heavy (non-hydrogen) atoms. The fraction of sp³-hybridized carbons (Fsp3) is 0.105. The molecule has 8 heteroatoms. The SMILES string of the molecule is Cc1cc(Nc2ccccc2C(F)(F)F)nc(Nc2ccccc2C#N)n1. The van der Waals surface area contributed by atoms with Crippen LogP contribution in [-0.4, -0.2) is 9.97 Å². The van der Waals surface area contributed by atoms with E-state index in [0.717, 1.165) is 6.07 Å². The van der Waals surface area contributed by atoms with E-state index in [-0.39, 0.29) is 17.5 Å². The molecule has 2 aromatic carbocycles. The number of nitriles is 1. The molecule has 2 N–H and O–H groups in total. The molecule has 0 aliphatic carbocycles. The summed E-state index contributed by atoms with van der Waals surface area (Å²) in [5.74, 6) is 0.376. The zero-order valence-corrected chi connectivity index (χ0v) is 14.2. The van der Waals surface area contributed by atoms with Crippen LogP contribution in [0.2, 0.25) is 0 Å². The molecule has 0 aliphatic heterocycles. The Labute approximate surface area is 153 Å². The van der Waals surface area contributed by atoms with E-state index in [1.54, 1.807) is 31.2 Å². The van der Waals surface area contributed by atoms with Crippen LogP contribution in [0.3, 0.4) is 0 Å². The predicted octanol–water partition coefficient (Wildman–Crippen LogP) is 5.16. The number of aromatic nitrogens is 2. The Hall–Kier alpha value is -3.60. The van der Waals surface area contributed by atoms with Crippen LogP contribution in [0.25, 0.3) is 0 Å². The maximum atomic E-state index is 13.2. The molecule has 0 bridgehead atoms. The third-order valence-electron chi connectivity index (χ3n) is 3.64. The van der Waals surface area contributed by atoms with Crippen molar-refractivity contribution in [3.8, 4) is 6.07 Å². The lowest BCUT2D eigenvalue weighted by Crippen LogP contribution is -2.09. The van der Waals surface area contributed by atoms with E-state index in [1.807, 2.05) is 0 Å². The van der Waals surface area contributed by atoms with Crippen molar-refractivity contribution in [3.05, 3.63) is 71.4 Å². The summed E-state index contributed by atoms with van der Waals surface area (Å²) in [7, 11) is 0. The van der Waals surface area contributed by atoms with E-state index < -0.39 is 11.7 Å². The van der Waals surface area contributed by atoms with Crippen molar-refractivity contribution in [1.82, 2.24) is 9.97 Å². The Morgan fingerprint density at radius 2 is 1.59 bits per heavy atom. The second-order valence-electron chi connectivity index (χ2n) is 5.67. The van der Waals surface area contributed by atoms with Crippen LogP contribution in [-0.2, 0) is 6.18 Å². The number of rotatable bonds is 4. The molecule has 3 rings (SSSR count). The molecule has 0 saturated heterocycles. The molecule has 0 unspecified atom stereocenters. The van der Waals surface area contributed by atoms with Crippen molar-refractivity contribution in [2.24, 2.45) is 0 Å². The number of hydrogen-bond donors (Lipinski definition) is 2. The van der Waals surface area contributed by atoms with E-state index in [0.29, 0.717) is 16.9 Å². The molecule has 0 aliphatic rings. The third-order valence-corrected chi connectivity index (χ3v) is 3.64. The van der Waals surface area contributed by atoms with Gasteiger partial charge in [0.2, 0.25) is 5.95 Å². The van der Waals surface area contributed by atoms with Crippen LogP contribution in [0.5, 0.6) is 0 Å². The maximum Gasteiger partial charge on any atom is 0.418 e. The van der Waals surface area contributed by atoms with E-state index in [2.05, 4.69) is 26.7 Å². The van der Waals surface area contributed by atoms with E-state index in [9.17, 15) is 13.2 Å². The highest BCUT2D eigenvalue weighted by Gasteiger charge is 2.33. The highest BCUT2D eigenvalue weighted by Crippen LogP contribution is 2.35. The second kappa shape index (κ2) is 7.33. The smallest absolute Gasteiger partial charge is 0.340 e. The molecule has 1 heterocycles. The van der Waals surface area contributed by atoms with E-state index >= 15 is 0 Å². The van der Waals surface area contributed by atoms with Gasteiger partial charge >= 0.3 is 6.18 Å². The summed E-state index contributed by atoms with van der Waals surface area (Å²) >= 11 is 0. The summed E-state index contributed by atoms with van der Waals surface area (Å²) < 4.78 is 39.5. The number of halogens is 3. The Morgan fingerprint density at radius 1 is 0.926 bits per heavy atom. The summed E-state index contributed by atoms with van der Waals surface area (Å²) in [4.78, 5) is 8.44. The maximum absolute atomic E-state index is 13.2. The molecule has 0 radical (unpaired) electrons. The van der Waals surface area contributed by atoms with Crippen molar-refractivity contribution in [1.29, 1.82) is 5.26 Å². The summed E-state index contributed by atoms with van der Waals surface area (Å²) in [6, 6.07) is 15.5. The van der Waals surface area contributed by atoms with E-state index in [4.69, 9.17) is 5.26 Å². The second-order valence-corrected chi connectivity index (χ2v) is 5.67. The van der Waals surface area contributed by atoms with Crippen LogP contribution in [0.4, 0.5) is 36.3 Å². The van der Waals surface area contributed by atoms with Gasteiger partial charge in [-0.3, -0.25) is 0 Å². The first-order chi connectivity index (χ1) is 12.9. The van der Waals surface area contributed by atoms with Crippen LogP contribution in [0.15, 0.2) is 54.6 Å². The zero-order chi connectivity index (χ0) is 19.4. The topological polar surface area (TPSA) is 73.6 Å². The first-order valence-electron chi connectivity index (χ1n) is 7.92. The number of alkyl halides is 3.